The summed E-state index contributed by atoms with van der Waals surface area (Å²) in [6.45, 7) is 0. The minimum Gasteiger partial charge on any atom is -0.345 e. The average Bonchev–Trinajstić information content (AvgIpc) is 3.18. The Balaban J connectivity index is 1.42. The average molecular weight is 404 g/mol. The van der Waals surface area contributed by atoms with E-state index in [4.69, 9.17) is 11.6 Å². The minimum atomic E-state index is -0.176. The molecule has 4 aromatic rings. The number of fused-ring (bicyclic) bond motifs is 2. The van der Waals surface area contributed by atoms with Gasteiger partial charge in [0.25, 0.3) is 5.91 Å². The lowest BCUT2D eigenvalue weighted by atomic mass is 9.87. The smallest absolute Gasteiger partial charge is 0.253 e. The summed E-state index contributed by atoms with van der Waals surface area (Å²) in [5.74, 6) is -0.176. The molecule has 2 aromatic heterocycles. The van der Waals surface area contributed by atoms with Crippen molar-refractivity contribution in [1.82, 2.24) is 25.3 Å². The molecule has 1 aliphatic carbocycles. The number of nitrogens with zero attached hydrogens (tertiary/aromatic N) is 4. The van der Waals surface area contributed by atoms with Crippen molar-refractivity contribution < 1.29 is 4.79 Å². The van der Waals surface area contributed by atoms with Gasteiger partial charge in [-0.2, -0.15) is 4.68 Å². The molecule has 5 rings (SSSR count). The molecule has 144 valence electrons. The van der Waals surface area contributed by atoms with Crippen LogP contribution in [0.1, 0.15) is 40.4 Å². The number of carbonyl (C=O) groups is 1. The summed E-state index contributed by atoms with van der Waals surface area (Å²) >= 11 is 6.47. The highest BCUT2D eigenvalue weighted by Crippen LogP contribution is 2.30. The Kier molecular flexibility index (Phi) is 4.48. The number of hydrogen-bond acceptors (Lipinski definition) is 4. The molecular weight excluding hydrogens is 386 g/mol. The number of rotatable bonds is 3. The van der Waals surface area contributed by atoms with Gasteiger partial charge >= 0.3 is 0 Å². The molecule has 0 unspecified atom stereocenters. The van der Waals surface area contributed by atoms with Gasteiger partial charge in [-0.15, -0.1) is 5.10 Å². The lowest BCUT2D eigenvalue weighted by Crippen LogP contribution is -2.31. The van der Waals surface area contributed by atoms with Gasteiger partial charge in [0.05, 0.1) is 22.3 Å². The Morgan fingerprint density at radius 2 is 2.03 bits per heavy atom. The molecule has 7 heteroatoms. The standard InChI is InChI=1S/C22H18ClN5O/c23-18-13-15(28-21-20(26-27-28)9-4-12-24-21)10-11-17(18)22(29)25-19-8-3-6-14-5-1-2-7-16(14)19/h1-2,4-5,7,9-13,19H,3,6,8H2,(H,25,29)/t19-/m1/s1. The van der Waals surface area contributed by atoms with Gasteiger partial charge in [-0.25, -0.2) is 4.98 Å². The van der Waals surface area contributed by atoms with Crippen molar-refractivity contribution in [1.29, 1.82) is 0 Å². The van der Waals surface area contributed by atoms with Crippen LogP contribution in [0, 0.1) is 0 Å². The number of amides is 1. The third-order valence-electron chi connectivity index (χ3n) is 5.33. The molecule has 2 aromatic carbocycles. The zero-order valence-corrected chi connectivity index (χ0v) is 16.3. The lowest BCUT2D eigenvalue weighted by Gasteiger charge is -2.26. The van der Waals surface area contributed by atoms with Crippen LogP contribution < -0.4 is 5.32 Å². The van der Waals surface area contributed by atoms with Crippen molar-refractivity contribution in [2.24, 2.45) is 0 Å². The van der Waals surface area contributed by atoms with E-state index >= 15 is 0 Å². The van der Waals surface area contributed by atoms with Crippen molar-refractivity contribution >= 4 is 28.7 Å². The molecule has 0 fully saturated rings. The van der Waals surface area contributed by atoms with Gasteiger partial charge in [0.1, 0.15) is 5.52 Å². The van der Waals surface area contributed by atoms with Crippen LogP contribution in [0.4, 0.5) is 0 Å². The fourth-order valence-electron chi connectivity index (χ4n) is 3.90. The van der Waals surface area contributed by atoms with Gasteiger partial charge in [0.15, 0.2) is 5.65 Å². The number of aryl methyl sites for hydroxylation is 1. The Morgan fingerprint density at radius 1 is 1.14 bits per heavy atom. The first kappa shape index (κ1) is 17.8. The summed E-state index contributed by atoms with van der Waals surface area (Å²) < 4.78 is 1.61. The number of benzene rings is 2. The molecule has 0 saturated carbocycles. The van der Waals surface area contributed by atoms with Crippen molar-refractivity contribution in [3.63, 3.8) is 0 Å². The van der Waals surface area contributed by atoms with E-state index in [2.05, 4.69) is 32.7 Å². The molecule has 6 nitrogen and oxygen atoms in total. The van der Waals surface area contributed by atoms with E-state index in [9.17, 15) is 4.79 Å². The van der Waals surface area contributed by atoms with Gasteiger partial charge in [-0.1, -0.05) is 41.1 Å². The second kappa shape index (κ2) is 7.29. The molecule has 0 aliphatic heterocycles. The Hall–Kier alpha value is -3.25. The third-order valence-corrected chi connectivity index (χ3v) is 5.64. The van der Waals surface area contributed by atoms with Gasteiger partial charge in [-0.3, -0.25) is 4.79 Å². The highest BCUT2D eigenvalue weighted by Gasteiger charge is 2.23. The van der Waals surface area contributed by atoms with E-state index < -0.39 is 0 Å². The third kappa shape index (κ3) is 3.25. The molecule has 1 amide bonds. The molecule has 1 N–H and O–H groups in total. The fraction of sp³-hybridized carbons (Fsp3) is 0.182. The number of aromatic nitrogens is 4. The van der Waals surface area contributed by atoms with E-state index in [1.54, 1.807) is 29.1 Å². The van der Waals surface area contributed by atoms with E-state index in [1.807, 2.05) is 24.3 Å². The predicted molar refractivity (Wildman–Crippen MR) is 111 cm³/mol. The maximum Gasteiger partial charge on any atom is 0.253 e. The van der Waals surface area contributed by atoms with Crippen LogP contribution in [0.3, 0.4) is 0 Å². The molecule has 0 radical (unpaired) electrons. The predicted octanol–water partition coefficient (Wildman–Crippen LogP) is 4.28. The normalized spacial score (nSPS) is 15.8. The van der Waals surface area contributed by atoms with Crippen LogP contribution in [-0.2, 0) is 6.42 Å². The second-order valence-corrected chi connectivity index (χ2v) is 7.54. The summed E-state index contributed by atoms with van der Waals surface area (Å²) in [5, 5.41) is 11.8. The zero-order chi connectivity index (χ0) is 19.8. The molecule has 2 heterocycles. The Morgan fingerprint density at radius 3 is 2.93 bits per heavy atom. The van der Waals surface area contributed by atoms with Gasteiger partial charge in [-0.05, 0) is 60.7 Å². The number of hydrogen-bond donors (Lipinski definition) is 1. The molecule has 0 spiro atoms. The Labute approximate surface area is 172 Å². The van der Waals surface area contributed by atoms with Crippen molar-refractivity contribution in [3.8, 4) is 5.69 Å². The second-order valence-electron chi connectivity index (χ2n) is 7.13. The van der Waals surface area contributed by atoms with Gasteiger partial charge in [0.2, 0.25) is 0 Å². The van der Waals surface area contributed by atoms with Crippen molar-refractivity contribution in [3.05, 3.63) is 82.5 Å². The van der Waals surface area contributed by atoms with Crippen molar-refractivity contribution in [2.75, 3.05) is 0 Å². The number of nitrogens with one attached hydrogen (secondary N) is 1. The van der Waals surface area contributed by atoms with E-state index in [0.29, 0.717) is 27.4 Å². The first-order valence-corrected chi connectivity index (χ1v) is 9.93. The molecule has 29 heavy (non-hydrogen) atoms. The molecule has 1 atom stereocenters. The summed E-state index contributed by atoms with van der Waals surface area (Å²) in [6.07, 6.45) is 4.72. The summed E-state index contributed by atoms with van der Waals surface area (Å²) in [5.41, 5.74) is 4.98. The maximum absolute atomic E-state index is 12.9. The topological polar surface area (TPSA) is 72.7 Å². The van der Waals surface area contributed by atoms with Crippen LogP contribution in [0.2, 0.25) is 5.02 Å². The SMILES string of the molecule is O=C(N[C@@H]1CCCc2ccccc21)c1ccc(-n2nnc3cccnc32)cc1Cl. The number of halogens is 1. The fourth-order valence-corrected chi connectivity index (χ4v) is 4.16. The van der Waals surface area contributed by atoms with E-state index in [-0.39, 0.29) is 11.9 Å². The van der Waals surface area contributed by atoms with E-state index in [1.165, 1.54) is 11.1 Å². The maximum atomic E-state index is 12.9. The molecule has 0 bridgehead atoms. The molecule has 0 saturated heterocycles. The van der Waals surface area contributed by atoms with Crippen LogP contribution in [0.15, 0.2) is 60.8 Å². The summed E-state index contributed by atoms with van der Waals surface area (Å²) in [7, 11) is 0. The molecular formula is C22H18ClN5O. The summed E-state index contributed by atoms with van der Waals surface area (Å²) in [4.78, 5) is 17.2. The van der Waals surface area contributed by atoms with Crippen LogP contribution in [0.5, 0.6) is 0 Å². The largest absolute Gasteiger partial charge is 0.345 e. The minimum absolute atomic E-state index is 0.00616. The van der Waals surface area contributed by atoms with Crippen molar-refractivity contribution in [2.45, 2.75) is 25.3 Å². The lowest BCUT2D eigenvalue weighted by molar-refractivity contribution is 0.0933. The first-order valence-electron chi connectivity index (χ1n) is 9.56. The summed E-state index contributed by atoms with van der Waals surface area (Å²) in [6, 6.07) is 17.2. The number of carbonyl (C=O) groups excluding carboxylic acids is 1. The molecule has 1 aliphatic rings. The zero-order valence-electron chi connectivity index (χ0n) is 15.5. The van der Waals surface area contributed by atoms with Crippen LogP contribution in [-0.4, -0.2) is 25.9 Å². The number of pyridine rings is 1. The van der Waals surface area contributed by atoms with E-state index in [0.717, 1.165) is 19.3 Å². The highest BCUT2D eigenvalue weighted by atomic mass is 35.5. The quantitative estimate of drug-likeness (QED) is 0.554. The highest BCUT2D eigenvalue weighted by molar-refractivity contribution is 6.34. The van der Waals surface area contributed by atoms with Crippen LogP contribution in [0.25, 0.3) is 16.9 Å². The first-order chi connectivity index (χ1) is 14.2. The van der Waals surface area contributed by atoms with Gasteiger partial charge in [0, 0.05) is 6.20 Å². The van der Waals surface area contributed by atoms with Gasteiger partial charge < -0.3 is 5.32 Å². The van der Waals surface area contributed by atoms with Crippen LogP contribution >= 0.6 is 11.6 Å². The Bertz CT molecular complexity index is 1220. The monoisotopic (exact) mass is 403 g/mol.